The third-order valence-electron chi connectivity index (χ3n) is 2.90. The molecule has 0 aromatic carbocycles. The molecule has 0 aliphatic carbocycles. The Hall–Kier alpha value is -1.36. The molecule has 5 nitrogen and oxygen atoms in total. The maximum Gasteiger partial charge on any atom is 0.245 e. The summed E-state index contributed by atoms with van der Waals surface area (Å²) < 4.78 is 1.85. The lowest BCUT2D eigenvalue weighted by molar-refractivity contribution is -0.135. The van der Waals surface area contributed by atoms with Gasteiger partial charge in [0.1, 0.15) is 11.9 Å². The first kappa shape index (κ1) is 14.7. The van der Waals surface area contributed by atoms with Crippen molar-refractivity contribution >= 4 is 5.91 Å². The maximum absolute atomic E-state index is 12.4. The molecule has 0 unspecified atom stereocenters. The van der Waals surface area contributed by atoms with Crippen LogP contribution in [0.5, 0.6) is 0 Å². The highest BCUT2D eigenvalue weighted by atomic mass is 16.3. The highest BCUT2D eigenvalue weighted by Gasteiger charge is 2.22. The Kier molecular flexibility index (Phi) is 5.34. The van der Waals surface area contributed by atoms with Crippen molar-refractivity contribution in [3.63, 3.8) is 0 Å². The third-order valence-corrected chi connectivity index (χ3v) is 2.90. The molecule has 0 aliphatic rings. The highest BCUT2D eigenvalue weighted by Crippen LogP contribution is 2.13. The molecule has 1 aromatic rings. The largest absolute Gasteiger partial charge is 0.395 e. The van der Waals surface area contributed by atoms with Crippen LogP contribution in [0.25, 0.3) is 0 Å². The summed E-state index contributed by atoms with van der Waals surface area (Å²) in [6.45, 7) is 8.90. The van der Waals surface area contributed by atoms with Crippen molar-refractivity contribution in [2.75, 3.05) is 19.7 Å². The number of hydrogen-bond acceptors (Lipinski definition) is 3. The molecule has 0 saturated heterocycles. The first-order chi connectivity index (χ1) is 8.47. The zero-order chi connectivity index (χ0) is 13.7. The summed E-state index contributed by atoms with van der Waals surface area (Å²) in [4.78, 5) is 18.2. The van der Waals surface area contributed by atoms with Gasteiger partial charge in [-0.15, -0.1) is 0 Å². The second-order valence-corrected chi connectivity index (χ2v) is 4.96. The van der Waals surface area contributed by atoms with Gasteiger partial charge in [0.2, 0.25) is 5.91 Å². The van der Waals surface area contributed by atoms with E-state index in [0.29, 0.717) is 19.0 Å². The highest BCUT2D eigenvalue weighted by molar-refractivity contribution is 5.80. The quantitative estimate of drug-likeness (QED) is 0.829. The van der Waals surface area contributed by atoms with Gasteiger partial charge < -0.3 is 14.6 Å². The average molecular weight is 253 g/mol. The Morgan fingerprint density at radius 1 is 1.50 bits per heavy atom. The number of aliphatic hydroxyl groups excluding tert-OH is 1. The van der Waals surface area contributed by atoms with Crippen molar-refractivity contribution in [3.05, 3.63) is 18.2 Å². The fraction of sp³-hybridized carbons (Fsp3) is 0.692. The van der Waals surface area contributed by atoms with Crippen LogP contribution in [0.4, 0.5) is 0 Å². The molecule has 0 radical (unpaired) electrons. The van der Waals surface area contributed by atoms with Crippen LogP contribution in [0.2, 0.25) is 0 Å². The van der Waals surface area contributed by atoms with E-state index in [4.69, 9.17) is 5.11 Å². The van der Waals surface area contributed by atoms with Gasteiger partial charge in [0.15, 0.2) is 0 Å². The molecule has 1 aromatic heterocycles. The minimum absolute atomic E-state index is 0.00586. The standard InChI is InChI=1S/C13H23N3O2/c1-10(2)9-15(7-8-17)13(18)11(3)16-6-5-14-12(16)4/h5-6,10-11,17H,7-9H2,1-4H3/t11-/m1/s1. The summed E-state index contributed by atoms with van der Waals surface area (Å²) in [5.41, 5.74) is 0. The number of imidazole rings is 1. The molecule has 0 bridgehead atoms. The zero-order valence-electron chi connectivity index (χ0n) is 11.6. The van der Waals surface area contributed by atoms with Crippen molar-refractivity contribution in [2.45, 2.75) is 33.7 Å². The lowest BCUT2D eigenvalue weighted by Gasteiger charge is -2.27. The van der Waals surface area contributed by atoms with Gasteiger partial charge in [-0.05, 0) is 19.8 Å². The van der Waals surface area contributed by atoms with Crippen LogP contribution >= 0.6 is 0 Å². The topological polar surface area (TPSA) is 58.4 Å². The molecule has 0 aliphatic heterocycles. The molecule has 5 heteroatoms. The first-order valence-electron chi connectivity index (χ1n) is 6.36. The predicted octanol–water partition coefficient (Wildman–Crippen LogP) is 1.23. The second-order valence-electron chi connectivity index (χ2n) is 4.96. The molecule has 18 heavy (non-hydrogen) atoms. The number of carbonyl (C=O) groups is 1. The summed E-state index contributed by atoms with van der Waals surface area (Å²) in [5, 5.41) is 9.05. The predicted molar refractivity (Wildman–Crippen MR) is 70.2 cm³/mol. The number of amides is 1. The molecule has 1 atom stereocenters. The Morgan fingerprint density at radius 3 is 2.61 bits per heavy atom. The fourth-order valence-electron chi connectivity index (χ4n) is 2.03. The minimum Gasteiger partial charge on any atom is -0.395 e. The molecular weight excluding hydrogens is 230 g/mol. The van der Waals surface area contributed by atoms with Crippen LogP contribution in [0.1, 0.15) is 32.6 Å². The third kappa shape index (κ3) is 3.57. The summed E-state index contributed by atoms with van der Waals surface area (Å²) in [7, 11) is 0. The number of nitrogens with zero attached hydrogens (tertiary/aromatic N) is 3. The van der Waals surface area contributed by atoms with E-state index in [2.05, 4.69) is 18.8 Å². The SMILES string of the molecule is Cc1nccn1[C@H](C)C(=O)N(CCO)CC(C)C. The van der Waals surface area contributed by atoms with E-state index < -0.39 is 0 Å². The molecule has 1 amide bonds. The van der Waals surface area contributed by atoms with Gasteiger partial charge >= 0.3 is 0 Å². The van der Waals surface area contributed by atoms with E-state index in [1.165, 1.54) is 0 Å². The fourth-order valence-corrected chi connectivity index (χ4v) is 2.03. The summed E-state index contributed by atoms with van der Waals surface area (Å²) in [6.07, 6.45) is 3.50. The van der Waals surface area contributed by atoms with E-state index in [1.807, 2.05) is 24.6 Å². The normalized spacial score (nSPS) is 12.8. The van der Waals surface area contributed by atoms with Gasteiger partial charge in [0.05, 0.1) is 6.61 Å². The van der Waals surface area contributed by atoms with E-state index >= 15 is 0 Å². The van der Waals surface area contributed by atoms with Crippen LogP contribution < -0.4 is 0 Å². The Balaban J connectivity index is 2.79. The monoisotopic (exact) mass is 253 g/mol. The maximum atomic E-state index is 12.4. The van der Waals surface area contributed by atoms with Crippen LogP contribution in [-0.4, -0.2) is 45.2 Å². The average Bonchev–Trinajstić information content (AvgIpc) is 2.72. The lowest BCUT2D eigenvalue weighted by Crippen LogP contribution is -2.40. The van der Waals surface area contributed by atoms with Gasteiger partial charge in [-0.2, -0.15) is 0 Å². The molecule has 1 heterocycles. The van der Waals surface area contributed by atoms with Crippen LogP contribution in [0.15, 0.2) is 12.4 Å². The lowest BCUT2D eigenvalue weighted by atomic mass is 10.2. The number of hydrogen-bond donors (Lipinski definition) is 1. The number of rotatable bonds is 6. The number of aryl methyl sites for hydroxylation is 1. The van der Waals surface area contributed by atoms with Crippen molar-refractivity contribution in [1.29, 1.82) is 0 Å². The molecule has 0 saturated carbocycles. The Bertz CT molecular complexity index is 387. The van der Waals surface area contributed by atoms with Gasteiger partial charge in [0, 0.05) is 25.5 Å². The number of aromatic nitrogens is 2. The van der Waals surface area contributed by atoms with Crippen molar-refractivity contribution in [3.8, 4) is 0 Å². The Labute approximate surface area is 108 Å². The van der Waals surface area contributed by atoms with Gasteiger partial charge in [-0.3, -0.25) is 4.79 Å². The minimum atomic E-state index is -0.280. The Morgan fingerprint density at radius 2 is 2.17 bits per heavy atom. The molecule has 0 fully saturated rings. The number of carbonyl (C=O) groups excluding carboxylic acids is 1. The van der Waals surface area contributed by atoms with E-state index in [1.54, 1.807) is 11.1 Å². The van der Waals surface area contributed by atoms with Crippen LogP contribution in [0, 0.1) is 12.8 Å². The summed E-state index contributed by atoms with van der Waals surface area (Å²) in [5.74, 6) is 1.24. The van der Waals surface area contributed by atoms with Crippen LogP contribution in [0.3, 0.4) is 0 Å². The molecule has 1 rings (SSSR count). The zero-order valence-corrected chi connectivity index (χ0v) is 11.6. The van der Waals surface area contributed by atoms with Gasteiger partial charge in [0.25, 0.3) is 0 Å². The smallest absolute Gasteiger partial charge is 0.245 e. The van der Waals surface area contributed by atoms with Crippen molar-refractivity contribution < 1.29 is 9.90 Å². The molecular formula is C13H23N3O2. The number of aliphatic hydroxyl groups is 1. The van der Waals surface area contributed by atoms with E-state index in [-0.39, 0.29) is 18.6 Å². The van der Waals surface area contributed by atoms with Gasteiger partial charge in [-0.1, -0.05) is 13.8 Å². The van der Waals surface area contributed by atoms with E-state index in [9.17, 15) is 4.79 Å². The first-order valence-corrected chi connectivity index (χ1v) is 6.36. The second kappa shape index (κ2) is 6.54. The summed E-state index contributed by atoms with van der Waals surface area (Å²) in [6, 6.07) is -0.280. The van der Waals surface area contributed by atoms with Crippen molar-refractivity contribution in [1.82, 2.24) is 14.5 Å². The van der Waals surface area contributed by atoms with Crippen molar-refractivity contribution in [2.24, 2.45) is 5.92 Å². The van der Waals surface area contributed by atoms with Gasteiger partial charge in [-0.25, -0.2) is 4.98 Å². The molecule has 0 spiro atoms. The summed E-state index contributed by atoms with van der Waals surface area (Å²) >= 11 is 0. The van der Waals surface area contributed by atoms with Crippen LogP contribution in [-0.2, 0) is 4.79 Å². The molecule has 102 valence electrons. The molecule has 1 N–H and O–H groups in total. The van der Waals surface area contributed by atoms with E-state index in [0.717, 1.165) is 5.82 Å².